The third-order valence-corrected chi connectivity index (χ3v) is 3.47. The first kappa shape index (κ1) is 13.1. The minimum Gasteiger partial charge on any atom is -0.480 e. The normalized spacial score (nSPS) is 20.4. The van der Waals surface area contributed by atoms with Gasteiger partial charge in [0, 0.05) is 12.2 Å². The zero-order valence-electron chi connectivity index (χ0n) is 11.2. The van der Waals surface area contributed by atoms with Gasteiger partial charge in [0.15, 0.2) is 0 Å². The van der Waals surface area contributed by atoms with Crippen LogP contribution in [0, 0.1) is 6.92 Å². The number of carboxylic acids is 1. The van der Waals surface area contributed by atoms with E-state index in [0.717, 1.165) is 18.5 Å². The fourth-order valence-corrected chi connectivity index (χ4v) is 2.25. The summed E-state index contributed by atoms with van der Waals surface area (Å²) < 4.78 is 1.84. The zero-order valence-corrected chi connectivity index (χ0v) is 11.2. The summed E-state index contributed by atoms with van der Waals surface area (Å²) >= 11 is 0. The van der Waals surface area contributed by atoms with E-state index < -0.39 is 11.5 Å². The summed E-state index contributed by atoms with van der Waals surface area (Å²) in [5.41, 5.74) is 0.0782. The van der Waals surface area contributed by atoms with E-state index in [1.807, 2.05) is 30.8 Å². The van der Waals surface area contributed by atoms with Gasteiger partial charge in [-0.3, -0.25) is 14.8 Å². The summed E-state index contributed by atoms with van der Waals surface area (Å²) in [5, 5.41) is 17.0. The minimum atomic E-state index is -0.875. The maximum absolute atomic E-state index is 11.5. The molecule has 2 atom stereocenters. The number of aliphatic carboxylic acids is 1. The molecular formula is C13H21N3O2. The number of carbonyl (C=O) groups is 1. The zero-order chi connectivity index (χ0) is 13.3. The molecule has 0 bridgehead atoms. The van der Waals surface area contributed by atoms with Gasteiger partial charge in [-0.2, -0.15) is 5.10 Å². The van der Waals surface area contributed by atoms with Crippen molar-refractivity contribution in [1.82, 2.24) is 15.1 Å². The molecule has 0 spiro atoms. The Hall–Kier alpha value is -1.36. The van der Waals surface area contributed by atoms with Crippen LogP contribution in [0.15, 0.2) is 12.3 Å². The van der Waals surface area contributed by atoms with Gasteiger partial charge in [-0.25, -0.2) is 0 Å². The number of rotatable bonds is 6. The predicted molar refractivity (Wildman–Crippen MR) is 68.5 cm³/mol. The van der Waals surface area contributed by atoms with Crippen molar-refractivity contribution in [1.29, 1.82) is 0 Å². The molecule has 1 aromatic rings. The first-order valence-corrected chi connectivity index (χ1v) is 6.43. The molecule has 2 rings (SSSR count). The minimum absolute atomic E-state index is 0.0612. The second-order valence-corrected chi connectivity index (χ2v) is 5.55. The molecular weight excluding hydrogens is 230 g/mol. The molecule has 1 aliphatic carbocycles. The molecule has 1 aromatic heterocycles. The van der Waals surface area contributed by atoms with E-state index in [0.29, 0.717) is 12.5 Å². The summed E-state index contributed by atoms with van der Waals surface area (Å²) in [7, 11) is 0. The van der Waals surface area contributed by atoms with Crippen LogP contribution in [-0.2, 0) is 4.79 Å². The molecule has 0 amide bonds. The van der Waals surface area contributed by atoms with Crippen LogP contribution in [-0.4, -0.2) is 32.4 Å². The standard InChI is InChI=1S/C13H21N3O2/c1-9-6-7-16(15-9)10(2)8-13(3,12(17)18)14-11-4-5-11/h6-7,10-11,14H,4-5,8H2,1-3H3,(H,17,18). The first-order valence-electron chi connectivity index (χ1n) is 6.43. The van der Waals surface area contributed by atoms with Gasteiger partial charge < -0.3 is 5.11 Å². The number of nitrogens with one attached hydrogen (secondary N) is 1. The third kappa shape index (κ3) is 2.90. The topological polar surface area (TPSA) is 67.2 Å². The lowest BCUT2D eigenvalue weighted by atomic mass is 9.93. The lowest BCUT2D eigenvalue weighted by molar-refractivity contribution is -0.145. The summed E-state index contributed by atoms with van der Waals surface area (Å²) in [6.45, 7) is 5.70. The van der Waals surface area contributed by atoms with Crippen molar-refractivity contribution in [2.75, 3.05) is 0 Å². The molecule has 1 aliphatic rings. The van der Waals surface area contributed by atoms with Crippen LogP contribution < -0.4 is 5.32 Å². The van der Waals surface area contributed by atoms with Crippen molar-refractivity contribution >= 4 is 5.97 Å². The molecule has 2 N–H and O–H groups in total. The van der Waals surface area contributed by atoms with Crippen LogP contribution in [0.3, 0.4) is 0 Å². The Morgan fingerprint density at radius 3 is 2.83 bits per heavy atom. The monoisotopic (exact) mass is 251 g/mol. The Labute approximate surface area is 107 Å². The molecule has 2 unspecified atom stereocenters. The van der Waals surface area contributed by atoms with Crippen molar-refractivity contribution < 1.29 is 9.90 Å². The van der Waals surface area contributed by atoms with E-state index >= 15 is 0 Å². The number of hydrogen-bond donors (Lipinski definition) is 2. The molecule has 18 heavy (non-hydrogen) atoms. The molecule has 5 nitrogen and oxygen atoms in total. The molecule has 100 valence electrons. The summed E-state index contributed by atoms with van der Waals surface area (Å²) in [6.07, 6.45) is 4.59. The number of nitrogens with zero attached hydrogens (tertiary/aromatic N) is 2. The third-order valence-electron chi connectivity index (χ3n) is 3.47. The van der Waals surface area contributed by atoms with Crippen molar-refractivity contribution in [3.8, 4) is 0 Å². The summed E-state index contributed by atoms with van der Waals surface area (Å²) in [4.78, 5) is 11.5. The fraction of sp³-hybridized carbons (Fsp3) is 0.692. The molecule has 0 aliphatic heterocycles. The smallest absolute Gasteiger partial charge is 0.323 e. The van der Waals surface area contributed by atoms with Crippen LogP contribution in [0.2, 0.25) is 0 Å². The highest BCUT2D eigenvalue weighted by Gasteiger charge is 2.39. The lowest BCUT2D eigenvalue weighted by Gasteiger charge is -2.29. The van der Waals surface area contributed by atoms with Crippen LogP contribution >= 0.6 is 0 Å². The Bertz CT molecular complexity index is 439. The predicted octanol–water partition coefficient (Wildman–Crippen LogP) is 1.74. The number of carboxylic acid groups (broad SMARTS) is 1. The van der Waals surface area contributed by atoms with Gasteiger partial charge in [-0.1, -0.05) is 0 Å². The van der Waals surface area contributed by atoms with Gasteiger partial charge in [-0.05, 0) is 46.1 Å². The molecule has 1 saturated carbocycles. The molecule has 0 aromatic carbocycles. The van der Waals surface area contributed by atoms with Crippen molar-refractivity contribution in [3.05, 3.63) is 18.0 Å². The van der Waals surface area contributed by atoms with Crippen LogP contribution in [0.4, 0.5) is 0 Å². The van der Waals surface area contributed by atoms with E-state index in [1.165, 1.54) is 0 Å². The average molecular weight is 251 g/mol. The number of hydrogen-bond acceptors (Lipinski definition) is 3. The molecule has 0 saturated heterocycles. The molecule has 1 heterocycles. The Morgan fingerprint density at radius 1 is 1.72 bits per heavy atom. The van der Waals surface area contributed by atoms with Crippen LogP contribution in [0.1, 0.15) is 44.8 Å². The number of aromatic nitrogens is 2. The highest BCUT2D eigenvalue weighted by atomic mass is 16.4. The number of aryl methyl sites for hydroxylation is 1. The average Bonchev–Trinajstić information content (AvgIpc) is 2.97. The summed E-state index contributed by atoms with van der Waals surface area (Å²) in [6, 6.07) is 2.37. The van der Waals surface area contributed by atoms with E-state index in [9.17, 15) is 9.90 Å². The Morgan fingerprint density at radius 2 is 2.39 bits per heavy atom. The second-order valence-electron chi connectivity index (χ2n) is 5.55. The van der Waals surface area contributed by atoms with Gasteiger partial charge in [0.1, 0.15) is 5.54 Å². The summed E-state index contributed by atoms with van der Waals surface area (Å²) in [5.74, 6) is -0.787. The Balaban J connectivity index is 2.05. The molecule has 5 heteroatoms. The Kier molecular flexibility index (Phi) is 3.43. The first-order chi connectivity index (χ1) is 8.40. The van der Waals surface area contributed by atoms with Gasteiger partial charge in [0.05, 0.1) is 11.7 Å². The van der Waals surface area contributed by atoms with Crippen molar-refractivity contribution in [3.63, 3.8) is 0 Å². The van der Waals surface area contributed by atoms with Crippen LogP contribution in [0.5, 0.6) is 0 Å². The fourth-order valence-electron chi connectivity index (χ4n) is 2.25. The quantitative estimate of drug-likeness (QED) is 0.808. The van der Waals surface area contributed by atoms with Gasteiger partial charge in [0.25, 0.3) is 0 Å². The molecule has 0 radical (unpaired) electrons. The SMILES string of the molecule is Cc1ccn(C(C)CC(C)(NC2CC2)C(=O)O)n1. The maximum Gasteiger partial charge on any atom is 0.323 e. The van der Waals surface area contributed by atoms with E-state index in [1.54, 1.807) is 6.92 Å². The largest absolute Gasteiger partial charge is 0.480 e. The van der Waals surface area contributed by atoms with Gasteiger partial charge >= 0.3 is 5.97 Å². The maximum atomic E-state index is 11.5. The van der Waals surface area contributed by atoms with Gasteiger partial charge in [0.2, 0.25) is 0 Å². The van der Waals surface area contributed by atoms with Crippen molar-refractivity contribution in [2.24, 2.45) is 0 Å². The second kappa shape index (κ2) is 4.72. The molecule has 1 fully saturated rings. The highest BCUT2D eigenvalue weighted by molar-refractivity contribution is 5.78. The van der Waals surface area contributed by atoms with E-state index in [4.69, 9.17) is 0 Å². The van der Waals surface area contributed by atoms with Crippen molar-refractivity contribution in [2.45, 2.75) is 57.7 Å². The van der Waals surface area contributed by atoms with E-state index in [-0.39, 0.29) is 6.04 Å². The lowest BCUT2D eigenvalue weighted by Crippen LogP contribution is -2.51. The van der Waals surface area contributed by atoms with E-state index in [2.05, 4.69) is 10.4 Å². The van der Waals surface area contributed by atoms with Crippen LogP contribution in [0.25, 0.3) is 0 Å². The van der Waals surface area contributed by atoms with Gasteiger partial charge in [-0.15, -0.1) is 0 Å². The highest BCUT2D eigenvalue weighted by Crippen LogP contribution is 2.27.